The van der Waals surface area contributed by atoms with Crippen LogP contribution in [0.25, 0.3) is 0 Å². The van der Waals surface area contributed by atoms with Crippen molar-refractivity contribution in [3.05, 3.63) is 47.3 Å². The van der Waals surface area contributed by atoms with Crippen LogP contribution in [-0.2, 0) is 11.2 Å². The number of hydrogen-bond acceptors (Lipinski definition) is 3. The zero-order valence-corrected chi connectivity index (χ0v) is 14.3. The molecule has 2 atom stereocenters. The van der Waals surface area contributed by atoms with Crippen molar-refractivity contribution in [3.8, 4) is 0 Å². The first-order valence-corrected chi connectivity index (χ1v) is 8.35. The normalized spacial score (nSPS) is 24.6. The lowest BCUT2D eigenvalue weighted by Crippen LogP contribution is -2.57. The van der Waals surface area contributed by atoms with Crippen molar-refractivity contribution in [2.75, 3.05) is 19.6 Å². The molecule has 0 saturated carbocycles. The van der Waals surface area contributed by atoms with Crippen molar-refractivity contribution >= 4 is 5.97 Å². The van der Waals surface area contributed by atoms with Crippen molar-refractivity contribution in [3.63, 3.8) is 0 Å². The summed E-state index contributed by atoms with van der Waals surface area (Å²) in [6, 6.07) is 5.96. The van der Waals surface area contributed by atoms with E-state index in [1.54, 1.807) is 12.1 Å². The lowest BCUT2D eigenvalue weighted by molar-refractivity contribution is -0.163. The van der Waals surface area contributed by atoms with Crippen LogP contribution in [0.15, 0.2) is 35.9 Å². The van der Waals surface area contributed by atoms with Crippen molar-refractivity contribution in [1.82, 2.24) is 4.90 Å². The number of nitrogens with zero attached hydrogens (tertiary/aromatic N) is 1. The fourth-order valence-electron chi connectivity index (χ4n) is 3.36. The third-order valence-corrected chi connectivity index (χ3v) is 4.69. The van der Waals surface area contributed by atoms with Gasteiger partial charge in [0.15, 0.2) is 0 Å². The Balaban J connectivity index is 2.18. The van der Waals surface area contributed by atoms with E-state index in [1.165, 1.54) is 17.7 Å². The van der Waals surface area contributed by atoms with Crippen LogP contribution in [0.5, 0.6) is 0 Å². The Kier molecular flexibility index (Phi) is 6.13. The van der Waals surface area contributed by atoms with Crippen LogP contribution in [0.3, 0.4) is 0 Å². The molecular weight excluding hydrogens is 309 g/mol. The average molecular weight is 335 g/mol. The van der Waals surface area contributed by atoms with E-state index in [4.69, 9.17) is 0 Å². The van der Waals surface area contributed by atoms with Crippen molar-refractivity contribution in [2.45, 2.75) is 39.2 Å². The van der Waals surface area contributed by atoms with Crippen LogP contribution in [-0.4, -0.2) is 46.8 Å². The summed E-state index contributed by atoms with van der Waals surface area (Å²) >= 11 is 0. The first-order valence-electron chi connectivity index (χ1n) is 8.35. The van der Waals surface area contributed by atoms with E-state index in [0.717, 1.165) is 13.0 Å². The second-order valence-corrected chi connectivity index (χ2v) is 6.92. The molecule has 1 saturated heterocycles. The molecule has 0 radical (unpaired) electrons. The van der Waals surface area contributed by atoms with Gasteiger partial charge in [0.2, 0.25) is 0 Å². The van der Waals surface area contributed by atoms with E-state index >= 15 is 0 Å². The molecule has 0 unspecified atom stereocenters. The second-order valence-electron chi connectivity index (χ2n) is 6.92. The molecule has 1 aromatic carbocycles. The van der Waals surface area contributed by atoms with Gasteiger partial charge in [0.05, 0.1) is 6.10 Å². The number of carbonyl (C=O) groups is 1. The molecule has 2 N–H and O–H groups in total. The number of carboxylic acids is 1. The van der Waals surface area contributed by atoms with Crippen molar-refractivity contribution in [1.29, 1.82) is 0 Å². The minimum absolute atomic E-state index is 0.125. The SMILES string of the molecule is CC(C)=CCCN1CC[C@@H](O)[C@](Cc2cccc(F)c2)(C(=O)O)C1. The number of benzene rings is 1. The molecule has 1 heterocycles. The summed E-state index contributed by atoms with van der Waals surface area (Å²) in [5, 5.41) is 20.3. The van der Waals surface area contributed by atoms with Gasteiger partial charge in [-0.3, -0.25) is 4.79 Å². The number of aliphatic hydroxyl groups is 1. The summed E-state index contributed by atoms with van der Waals surface area (Å²) in [5.74, 6) is -1.41. The van der Waals surface area contributed by atoms with Crippen molar-refractivity contribution < 1.29 is 19.4 Å². The van der Waals surface area contributed by atoms with E-state index in [2.05, 4.69) is 11.0 Å². The highest BCUT2D eigenvalue weighted by molar-refractivity contribution is 5.76. The van der Waals surface area contributed by atoms with Crippen LogP contribution in [0.1, 0.15) is 32.3 Å². The molecule has 132 valence electrons. The molecule has 1 fully saturated rings. The Morgan fingerprint density at radius 1 is 1.46 bits per heavy atom. The second kappa shape index (κ2) is 7.90. The Bertz CT molecular complexity index is 612. The van der Waals surface area contributed by atoms with Gasteiger partial charge in [-0.25, -0.2) is 4.39 Å². The van der Waals surface area contributed by atoms with Crippen LogP contribution in [0, 0.1) is 11.2 Å². The third-order valence-electron chi connectivity index (χ3n) is 4.69. The molecular formula is C19H26FNO3. The zero-order valence-electron chi connectivity index (χ0n) is 14.3. The average Bonchev–Trinajstić information content (AvgIpc) is 2.50. The number of halogens is 1. The van der Waals surface area contributed by atoms with E-state index in [0.29, 0.717) is 18.5 Å². The Morgan fingerprint density at radius 3 is 2.83 bits per heavy atom. The van der Waals surface area contributed by atoms with Gasteiger partial charge in [0.1, 0.15) is 11.2 Å². The molecule has 1 aromatic rings. The van der Waals surface area contributed by atoms with Gasteiger partial charge in [-0.15, -0.1) is 0 Å². The van der Waals surface area contributed by atoms with Gasteiger partial charge in [0, 0.05) is 19.6 Å². The predicted octanol–water partition coefficient (Wildman–Crippen LogP) is 2.86. The number of carboxylic acid groups (broad SMARTS) is 1. The van der Waals surface area contributed by atoms with Crippen LogP contribution in [0.2, 0.25) is 0 Å². The minimum Gasteiger partial charge on any atom is -0.481 e. The largest absolute Gasteiger partial charge is 0.481 e. The zero-order chi connectivity index (χ0) is 17.7. The summed E-state index contributed by atoms with van der Waals surface area (Å²) in [6.45, 7) is 5.78. The van der Waals surface area contributed by atoms with Crippen LogP contribution < -0.4 is 0 Å². The van der Waals surface area contributed by atoms with Gasteiger partial charge in [-0.1, -0.05) is 23.8 Å². The van der Waals surface area contributed by atoms with E-state index in [-0.39, 0.29) is 13.0 Å². The molecule has 5 heteroatoms. The topological polar surface area (TPSA) is 60.8 Å². The maximum Gasteiger partial charge on any atom is 0.313 e. The molecule has 0 aromatic heterocycles. The maximum atomic E-state index is 13.4. The molecule has 24 heavy (non-hydrogen) atoms. The number of aliphatic hydroxyl groups excluding tert-OH is 1. The molecule has 0 spiro atoms. The third kappa shape index (κ3) is 4.42. The number of hydrogen-bond donors (Lipinski definition) is 2. The Hall–Kier alpha value is -1.72. The smallest absolute Gasteiger partial charge is 0.313 e. The molecule has 1 aliphatic rings. The van der Waals surface area contributed by atoms with E-state index < -0.39 is 23.3 Å². The summed E-state index contributed by atoms with van der Waals surface area (Å²) < 4.78 is 13.4. The van der Waals surface area contributed by atoms with Gasteiger partial charge in [-0.05, 0) is 50.8 Å². The monoisotopic (exact) mass is 335 g/mol. The Labute approximate surface area is 142 Å². The summed E-state index contributed by atoms with van der Waals surface area (Å²) in [4.78, 5) is 14.1. The summed E-state index contributed by atoms with van der Waals surface area (Å²) in [5.41, 5.74) is 0.538. The fourth-order valence-corrected chi connectivity index (χ4v) is 3.36. The number of aliphatic carboxylic acids is 1. The first kappa shape index (κ1) is 18.6. The number of allylic oxidation sites excluding steroid dienone is 1. The van der Waals surface area contributed by atoms with Crippen LogP contribution in [0.4, 0.5) is 4.39 Å². The highest BCUT2D eigenvalue weighted by Crippen LogP contribution is 2.35. The van der Waals surface area contributed by atoms with Crippen molar-refractivity contribution in [2.24, 2.45) is 5.41 Å². The highest BCUT2D eigenvalue weighted by Gasteiger charge is 2.49. The number of piperidine rings is 1. The lowest BCUT2D eigenvalue weighted by atomic mass is 9.73. The van der Waals surface area contributed by atoms with Crippen LogP contribution >= 0.6 is 0 Å². The molecule has 0 bridgehead atoms. The minimum atomic E-state index is -1.29. The first-order chi connectivity index (χ1) is 11.3. The number of likely N-dealkylation sites (tertiary alicyclic amines) is 1. The molecule has 0 aliphatic carbocycles. The quantitative estimate of drug-likeness (QED) is 0.785. The van der Waals surface area contributed by atoms with Gasteiger partial charge in [-0.2, -0.15) is 0 Å². The molecule has 0 amide bonds. The van der Waals surface area contributed by atoms with E-state index in [9.17, 15) is 19.4 Å². The van der Waals surface area contributed by atoms with Gasteiger partial charge >= 0.3 is 5.97 Å². The summed E-state index contributed by atoms with van der Waals surface area (Å²) in [6.07, 6.45) is 2.59. The fraction of sp³-hybridized carbons (Fsp3) is 0.526. The molecule has 1 aliphatic heterocycles. The molecule has 2 rings (SSSR count). The standard InChI is InChI=1S/C19H26FNO3/c1-14(2)5-4-9-21-10-8-17(22)19(13-21,18(23)24)12-15-6-3-7-16(20)11-15/h3,5-7,11,17,22H,4,8-10,12-13H2,1-2H3,(H,23,24)/t17-,19-/m1/s1. The summed E-state index contributed by atoms with van der Waals surface area (Å²) in [7, 11) is 0. The number of rotatable bonds is 6. The molecule has 4 nitrogen and oxygen atoms in total. The van der Waals surface area contributed by atoms with E-state index in [1.807, 2.05) is 13.8 Å². The Morgan fingerprint density at radius 2 is 2.21 bits per heavy atom. The maximum absolute atomic E-state index is 13.4. The lowest BCUT2D eigenvalue weighted by Gasteiger charge is -2.43. The highest BCUT2D eigenvalue weighted by atomic mass is 19.1. The predicted molar refractivity (Wildman–Crippen MR) is 91.3 cm³/mol. The van der Waals surface area contributed by atoms with Gasteiger partial charge in [0.25, 0.3) is 0 Å². The van der Waals surface area contributed by atoms with Gasteiger partial charge < -0.3 is 15.1 Å².